The molecule has 7 N–H and O–H groups in total. The predicted octanol–water partition coefficient (Wildman–Crippen LogP) is 4.63. The van der Waals surface area contributed by atoms with Crippen molar-refractivity contribution < 1.29 is 38.4 Å². The summed E-state index contributed by atoms with van der Waals surface area (Å²) in [6.45, 7) is 5.35. The molecule has 1 aliphatic heterocycles. The molecule has 60 heavy (non-hydrogen) atoms. The van der Waals surface area contributed by atoms with Crippen molar-refractivity contribution in [2.45, 2.75) is 51.5 Å². The maximum Gasteiger partial charge on any atom is 0.404 e. The zero-order valence-electron chi connectivity index (χ0n) is 33.5. The SMILES string of the molecule is NC(=O)OCCOCCOCCOCCNC(=O)CCCCn1ccnc1Cn1ccc2ccc(CNCc3[nH]c4ccccc4c3C3NC(=O)c4ccc(O)cc43)cc21. The minimum Gasteiger partial charge on any atom is -0.508 e. The molecule has 16 heteroatoms. The van der Waals surface area contributed by atoms with Crippen LogP contribution in [0.4, 0.5) is 4.79 Å². The second-order valence-electron chi connectivity index (χ2n) is 14.5. The molecule has 0 saturated carbocycles. The highest BCUT2D eigenvalue weighted by Gasteiger charge is 2.33. The number of benzene rings is 3. The Morgan fingerprint density at radius 3 is 2.50 bits per heavy atom. The summed E-state index contributed by atoms with van der Waals surface area (Å²) in [6, 6.07) is 21.2. The van der Waals surface area contributed by atoms with Gasteiger partial charge in [-0.1, -0.05) is 30.3 Å². The third-order valence-electron chi connectivity index (χ3n) is 10.4. The van der Waals surface area contributed by atoms with Crippen LogP contribution in [0, 0.1) is 0 Å². The summed E-state index contributed by atoms with van der Waals surface area (Å²) >= 11 is 0. The van der Waals surface area contributed by atoms with Gasteiger partial charge < -0.3 is 59.9 Å². The number of aromatic amines is 1. The Labute approximate surface area is 347 Å². The van der Waals surface area contributed by atoms with Crippen LogP contribution in [0.2, 0.25) is 0 Å². The Balaban J connectivity index is 0.838. The molecule has 0 bridgehead atoms. The summed E-state index contributed by atoms with van der Waals surface area (Å²) in [6.07, 6.45) is 7.11. The summed E-state index contributed by atoms with van der Waals surface area (Å²) < 4.78 is 25.1. The van der Waals surface area contributed by atoms with Gasteiger partial charge in [-0.25, -0.2) is 9.78 Å². The maximum absolute atomic E-state index is 12.9. The van der Waals surface area contributed by atoms with Gasteiger partial charge in [0.2, 0.25) is 5.91 Å². The number of primary amides is 1. The number of fused-ring (bicyclic) bond motifs is 3. The molecule has 1 aliphatic rings. The number of para-hydroxylation sites is 1. The molecule has 6 aromatic rings. The van der Waals surface area contributed by atoms with Gasteiger partial charge in [-0.3, -0.25) is 9.59 Å². The minimum atomic E-state index is -0.825. The fraction of sp³-hybridized carbons (Fsp3) is 0.364. The Morgan fingerprint density at radius 1 is 0.867 bits per heavy atom. The van der Waals surface area contributed by atoms with Crippen LogP contribution >= 0.6 is 0 Å². The van der Waals surface area contributed by atoms with E-state index < -0.39 is 6.09 Å². The molecule has 3 aromatic carbocycles. The molecule has 3 aromatic heterocycles. The quantitative estimate of drug-likeness (QED) is 0.0467. The summed E-state index contributed by atoms with van der Waals surface area (Å²) in [4.78, 5) is 44.0. The number of amides is 3. The topological polar surface area (TPSA) is 209 Å². The van der Waals surface area contributed by atoms with E-state index in [1.807, 2.05) is 30.6 Å². The van der Waals surface area contributed by atoms with Crippen LogP contribution in [0.25, 0.3) is 21.8 Å². The summed E-state index contributed by atoms with van der Waals surface area (Å²) in [7, 11) is 0. The highest BCUT2D eigenvalue weighted by molar-refractivity contribution is 6.01. The monoisotopic (exact) mass is 820 g/mol. The van der Waals surface area contributed by atoms with Gasteiger partial charge in [0.05, 0.1) is 52.2 Å². The molecule has 0 fully saturated rings. The number of nitrogens with zero attached hydrogens (tertiary/aromatic N) is 3. The van der Waals surface area contributed by atoms with Crippen LogP contribution in [0.1, 0.15) is 63.9 Å². The van der Waals surface area contributed by atoms with E-state index >= 15 is 0 Å². The first kappa shape index (κ1) is 41.9. The number of unbranched alkanes of at least 4 members (excludes halogenated alkanes) is 1. The molecule has 0 aliphatic carbocycles. The fourth-order valence-electron chi connectivity index (χ4n) is 7.52. The van der Waals surface area contributed by atoms with Crippen molar-refractivity contribution >= 4 is 39.7 Å². The van der Waals surface area contributed by atoms with Gasteiger partial charge in [0.1, 0.15) is 18.2 Å². The lowest BCUT2D eigenvalue weighted by atomic mass is 9.95. The molecule has 316 valence electrons. The van der Waals surface area contributed by atoms with Gasteiger partial charge in [-0.2, -0.15) is 0 Å². The number of carbonyl (C=O) groups excluding carboxylic acids is 3. The van der Waals surface area contributed by atoms with Crippen molar-refractivity contribution in [2.24, 2.45) is 5.73 Å². The standard InChI is InChI=1S/C44H52N8O8/c45-44(56)60-24-23-59-22-21-58-20-19-57-18-14-48-40(54)7-3-4-15-51-17-13-47-39(51)29-52-16-12-31-9-8-30(25-38(31)52)27-46-28-37-41(34-5-1-2-6-36(34)49-37)42-35-26-32(53)10-11-33(35)43(55)50-42/h1-2,5-6,8-13,16-17,25-26,42,46,49,53H,3-4,7,14-15,18-24,27-29H2,(H2,45,56)(H,48,54)(H,50,55). The van der Waals surface area contributed by atoms with E-state index in [2.05, 4.69) is 76.3 Å². The molecule has 0 radical (unpaired) electrons. The van der Waals surface area contributed by atoms with Crippen molar-refractivity contribution in [1.29, 1.82) is 0 Å². The van der Waals surface area contributed by atoms with Crippen LogP contribution in [-0.4, -0.2) is 94.9 Å². The zero-order valence-corrected chi connectivity index (χ0v) is 33.5. The van der Waals surface area contributed by atoms with E-state index in [-0.39, 0.29) is 36.8 Å². The van der Waals surface area contributed by atoms with Gasteiger partial charge >= 0.3 is 6.09 Å². The van der Waals surface area contributed by atoms with Gasteiger partial charge in [0.15, 0.2) is 0 Å². The first-order chi connectivity index (χ1) is 29.3. The van der Waals surface area contributed by atoms with E-state index in [4.69, 9.17) is 19.9 Å². The average molecular weight is 821 g/mol. The van der Waals surface area contributed by atoms with Crippen molar-refractivity contribution in [3.8, 4) is 5.75 Å². The van der Waals surface area contributed by atoms with Crippen molar-refractivity contribution in [2.75, 3.05) is 52.8 Å². The molecular weight excluding hydrogens is 769 g/mol. The predicted molar refractivity (Wildman–Crippen MR) is 224 cm³/mol. The molecule has 7 rings (SSSR count). The number of aromatic nitrogens is 4. The number of nitrogens with two attached hydrogens (primary N) is 1. The van der Waals surface area contributed by atoms with Gasteiger partial charge in [-0.15, -0.1) is 0 Å². The summed E-state index contributed by atoms with van der Waals surface area (Å²) in [5, 5.41) is 22.1. The maximum atomic E-state index is 12.9. The van der Waals surface area contributed by atoms with Crippen LogP contribution in [0.15, 0.2) is 85.3 Å². The number of phenolic OH excluding ortho intramolecular Hbond substituents is 1. The van der Waals surface area contributed by atoms with Crippen LogP contribution in [0.3, 0.4) is 0 Å². The number of ether oxygens (including phenoxy) is 4. The molecule has 3 amide bonds. The lowest BCUT2D eigenvalue weighted by Crippen LogP contribution is -2.27. The van der Waals surface area contributed by atoms with E-state index in [1.165, 1.54) is 0 Å². The van der Waals surface area contributed by atoms with E-state index in [1.54, 1.807) is 18.2 Å². The highest BCUT2D eigenvalue weighted by atomic mass is 16.6. The third-order valence-corrected chi connectivity index (χ3v) is 10.4. The molecular formula is C44H52N8O8. The number of rotatable bonds is 24. The van der Waals surface area contributed by atoms with Crippen LogP contribution in [-0.2, 0) is 49.9 Å². The number of nitrogens with one attached hydrogen (secondary N) is 4. The van der Waals surface area contributed by atoms with Gasteiger partial charge in [0.25, 0.3) is 5.91 Å². The summed E-state index contributed by atoms with van der Waals surface area (Å²) in [5.74, 6) is 0.927. The Hall–Kier alpha value is -6.20. The number of imidazole rings is 1. The number of aryl methyl sites for hydroxylation is 1. The van der Waals surface area contributed by atoms with Crippen molar-refractivity contribution in [3.63, 3.8) is 0 Å². The van der Waals surface area contributed by atoms with E-state index in [0.29, 0.717) is 71.2 Å². The Morgan fingerprint density at radius 2 is 1.67 bits per heavy atom. The number of hydrogen-bond donors (Lipinski definition) is 6. The lowest BCUT2D eigenvalue weighted by molar-refractivity contribution is -0.121. The lowest BCUT2D eigenvalue weighted by Gasteiger charge is -2.15. The smallest absolute Gasteiger partial charge is 0.404 e. The van der Waals surface area contributed by atoms with E-state index in [0.717, 1.165) is 69.4 Å². The zero-order chi connectivity index (χ0) is 41.7. The van der Waals surface area contributed by atoms with Crippen LogP contribution < -0.4 is 21.7 Å². The first-order valence-corrected chi connectivity index (χ1v) is 20.3. The number of H-pyrrole nitrogens is 1. The highest BCUT2D eigenvalue weighted by Crippen LogP contribution is 2.38. The van der Waals surface area contributed by atoms with E-state index in [9.17, 15) is 19.5 Å². The van der Waals surface area contributed by atoms with Gasteiger partial charge in [-0.05, 0) is 65.8 Å². The molecule has 0 saturated heterocycles. The molecule has 0 spiro atoms. The van der Waals surface area contributed by atoms with Crippen molar-refractivity contribution in [3.05, 3.63) is 119 Å². The summed E-state index contributed by atoms with van der Waals surface area (Å²) in [5.41, 5.74) is 11.4. The minimum absolute atomic E-state index is 0.00160. The molecule has 4 heterocycles. The molecule has 1 atom stereocenters. The average Bonchev–Trinajstić information content (AvgIpc) is 4.02. The third kappa shape index (κ3) is 10.9. The molecule has 16 nitrogen and oxygen atoms in total. The van der Waals surface area contributed by atoms with Crippen molar-refractivity contribution in [1.82, 2.24) is 35.1 Å². The fourth-order valence-corrected chi connectivity index (χ4v) is 7.52. The Bertz CT molecular complexity index is 2390. The number of hydrogen-bond acceptors (Lipinski definition) is 10. The number of carbonyl (C=O) groups is 3. The molecule has 1 unspecified atom stereocenters. The normalized spacial score (nSPS) is 13.5. The van der Waals surface area contributed by atoms with Crippen LogP contribution in [0.5, 0.6) is 5.75 Å². The number of aromatic hydroxyl groups is 1. The first-order valence-electron chi connectivity index (χ1n) is 20.3. The largest absolute Gasteiger partial charge is 0.508 e. The number of phenols is 1. The second-order valence-corrected chi connectivity index (χ2v) is 14.5. The van der Waals surface area contributed by atoms with Gasteiger partial charge in [0, 0.05) is 84.4 Å². The second kappa shape index (κ2) is 20.7. The Kier molecular flexibility index (Phi) is 14.4.